The van der Waals surface area contributed by atoms with Crippen molar-refractivity contribution in [3.63, 3.8) is 0 Å². The van der Waals surface area contributed by atoms with Crippen molar-refractivity contribution in [1.29, 1.82) is 0 Å². The van der Waals surface area contributed by atoms with E-state index in [0.717, 1.165) is 28.6 Å². The fourth-order valence-electron chi connectivity index (χ4n) is 4.70. The topological polar surface area (TPSA) is 93.4 Å². The average Bonchev–Trinajstić information content (AvgIpc) is 3.36. The molecule has 0 bridgehead atoms. The van der Waals surface area contributed by atoms with Gasteiger partial charge in [0.25, 0.3) is 5.91 Å². The van der Waals surface area contributed by atoms with Gasteiger partial charge in [0, 0.05) is 37.9 Å². The smallest absolute Gasteiger partial charge is 0.399 e. The molecular weight excluding hydrogens is 459 g/mol. The number of aliphatic hydroxyl groups excluding tert-OH is 2. The molecule has 4 rings (SSSR count). The molecule has 196 valence electrons. The van der Waals surface area contributed by atoms with Gasteiger partial charge in [0.1, 0.15) is 5.69 Å². The van der Waals surface area contributed by atoms with Crippen LogP contribution in [0.5, 0.6) is 0 Å². The van der Waals surface area contributed by atoms with Gasteiger partial charge in [-0.25, -0.2) is 0 Å². The van der Waals surface area contributed by atoms with Crippen LogP contribution < -0.4 is 5.46 Å². The van der Waals surface area contributed by atoms with E-state index in [0.29, 0.717) is 38.5 Å². The van der Waals surface area contributed by atoms with Crippen molar-refractivity contribution in [1.82, 2.24) is 9.47 Å². The first-order valence-corrected chi connectivity index (χ1v) is 12.8. The molecule has 1 unspecified atom stereocenters. The molecule has 1 saturated heterocycles. The molecule has 3 heterocycles. The normalized spacial score (nSPS) is 19.6. The summed E-state index contributed by atoms with van der Waals surface area (Å²) in [6, 6.07) is 7.96. The average molecular weight is 498 g/mol. The SMILES string of the molecule is CC(CCOCCO)c1ccc(CO)c(CN2CCn3cc(B4OC(C)(C)C(C)(C)O4)cc3C2=O)c1. The lowest BCUT2D eigenvalue weighted by atomic mass is 9.81. The summed E-state index contributed by atoms with van der Waals surface area (Å²) in [4.78, 5) is 15.3. The maximum atomic E-state index is 13.4. The molecule has 2 aromatic rings. The second-order valence-electron chi connectivity index (χ2n) is 10.9. The van der Waals surface area contributed by atoms with Crippen LogP contribution in [-0.4, -0.2) is 70.3 Å². The number of benzene rings is 1. The number of hydrogen-bond acceptors (Lipinski definition) is 6. The van der Waals surface area contributed by atoms with Gasteiger partial charge in [-0.2, -0.15) is 0 Å². The van der Waals surface area contributed by atoms with Gasteiger partial charge in [-0.3, -0.25) is 4.79 Å². The van der Waals surface area contributed by atoms with E-state index >= 15 is 0 Å². The van der Waals surface area contributed by atoms with Crippen molar-refractivity contribution in [3.8, 4) is 0 Å². The Morgan fingerprint density at radius 1 is 1.06 bits per heavy atom. The van der Waals surface area contributed by atoms with E-state index in [9.17, 15) is 9.90 Å². The number of rotatable bonds is 10. The Labute approximate surface area is 214 Å². The number of amides is 1. The molecular formula is C27H39BN2O6. The first-order valence-electron chi connectivity index (χ1n) is 12.8. The van der Waals surface area contributed by atoms with E-state index in [2.05, 4.69) is 13.0 Å². The number of carbonyl (C=O) groups is 1. The van der Waals surface area contributed by atoms with Gasteiger partial charge >= 0.3 is 7.12 Å². The number of aliphatic hydroxyl groups is 2. The van der Waals surface area contributed by atoms with E-state index in [1.54, 1.807) is 0 Å². The molecule has 2 N–H and O–H groups in total. The second kappa shape index (κ2) is 10.7. The highest BCUT2D eigenvalue weighted by molar-refractivity contribution is 6.62. The Hall–Kier alpha value is -2.17. The number of hydrogen-bond donors (Lipinski definition) is 2. The quantitative estimate of drug-likeness (QED) is 0.386. The number of nitrogens with zero attached hydrogens (tertiary/aromatic N) is 2. The van der Waals surface area contributed by atoms with Gasteiger partial charge < -0.3 is 33.7 Å². The molecule has 1 atom stereocenters. The summed E-state index contributed by atoms with van der Waals surface area (Å²) >= 11 is 0. The zero-order valence-electron chi connectivity index (χ0n) is 22.1. The standard InChI is InChI=1S/C27H39BN2O6/c1-19(8-12-34-13-11-31)20-6-7-21(18-32)22(14-20)16-30-10-9-29-17-23(15-24(29)25(30)33)28-35-26(2,3)27(4,5)36-28/h6-7,14-15,17,19,31-32H,8-13,16,18H2,1-5H3. The van der Waals surface area contributed by atoms with Crippen LogP contribution in [-0.2, 0) is 33.7 Å². The third-order valence-corrected chi connectivity index (χ3v) is 7.82. The first-order chi connectivity index (χ1) is 17.1. The number of aromatic nitrogens is 1. The van der Waals surface area contributed by atoms with E-state index in [4.69, 9.17) is 19.2 Å². The fourth-order valence-corrected chi connectivity index (χ4v) is 4.70. The van der Waals surface area contributed by atoms with Crippen molar-refractivity contribution < 1.29 is 29.1 Å². The monoisotopic (exact) mass is 498 g/mol. The third kappa shape index (κ3) is 5.40. The lowest BCUT2D eigenvalue weighted by molar-refractivity contribution is 0.00578. The first kappa shape index (κ1) is 26.9. The molecule has 2 aliphatic heterocycles. The lowest BCUT2D eigenvalue weighted by Gasteiger charge is -2.32. The minimum absolute atomic E-state index is 0.0230. The largest absolute Gasteiger partial charge is 0.496 e. The van der Waals surface area contributed by atoms with Crippen molar-refractivity contribution in [2.24, 2.45) is 0 Å². The predicted molar refractivity (Wildman–Crippen MR) is 138 cm³/mol. The molecule has 0 aliphatic carbocycles. The summed E-state index contributed by atoms with van der Waals surface area (Å²) in [7, 11) is -0.505. The maximum Gasteiger partial charge on any atom is 0.496 e. The van der Waals surface area contributed by atoms with Gasteiger partial charge in [0.15, 0.2) is 0 Å². The molecule has 36 heavy (non-hydrogen) atoms. The fraction of sp³-hybridized carbons (Fsp3) is 0.593. The number of carbonyl (C=O) groups excluding carboxylic acids is 1. The molecule has 2 aliphatic rings. The van der Waals surface area contributed by atoms with Crippen LogP contribution in [0.3, 0.4) is 0 Å². The van der Waals surface area contributed by atoms with Gasteiger partial charge in [-0.1, -0.05) is 25.1 Å². The van der Waals surface area contributed by atoms with Crippen LogP contribution in [0.25, 0.3) is 0 Å². The van der Waals surface area contributed by atoms with E-state index in [1.165, 1.54) is 0 Å². The summed E-state index contributed by atoms with van der Waals surface area (Å²) < 4.78 is 19.8. The highest BCUT2D eigenvalue weighted by atomic mass is 16.7. The summed E-state index contributed by atoms with van der Waals surface area (Å²) in [6.45, 7) is 12.8. The molecule has 9 heteroatoms. The summed E-state index contributed by atoms with van der Waals surface area (Å²) in [6.07, 6.45) is 2.79. The second-order valence-corrected chi connectivity index (χ2v) is 10.9. The molecule has 0 saturated carbocycles. The van der Waals surface area contributed by atoms with Crippen LogP contribution in [0.2, 0.25) is 0 Å². The Morgan fingerprint density at radius 3 is 2.44 bits per heavy atom. The van der Waals surface area contributed by atoms with Crippen LogP contribution >= 0.6 is 0 Å². The summed E-state index contributed by atoms with van der Waals surface area (Å²) in [5, 5.41) is 18.8. The van der Waals surface area contributed by atoms with Crippen molar-refractivity contribution in [2.75, 3.05) is 26.4 Å². The van der Waals surface area contributed by atoms with Crippen molar-refractivity contribution in [3.05, 3.63) is 52.8 Å². The van der Waals surface area contributed by atoms with Gasteiger partial charge in [0.2, 0.25) is 0 Å². The summed E-state index contributed by atoms with van der Waals surface area (Å²) in [5.41, 5.74) is 3.53. The van der Waals surface area contributed by atoms with Crippen LogP contribution in [0.15, 0.2) is 30.5 Å². The summed E-state index contributed by atoms with van der Waals surface area (Å²) in [5.74, 6) is 0.218. The lowest BCUT2D eigenvalue weighted by Crippen LogP contribution is -2.41. The molecule has 1 amide bonds. The molecule has 0 radical (unpaired) electrons. The molecule has 8 nitrogen and oxygen atoms in total. The third-order valence-electron chi connectivity index (χ3n) is 7.82. The molecule has 0 spiro atoms. The van der Waals surface area contributed by atoms with Crippen LogP contribution in [0.4, 0.5) is 0 Å². The minimum Gasteiger partial charge on any atom is -0.399 e. The number of fused-ring (bicyclic) bond motifs is 1. The van der Waals surface area contributed by atoms with Crippen LogP contribution in [0, 0.1) is 0 Å². The zero-order valence-corrected chi connectivity index (χ0v) is 22.1. The van der Waals surface area contributed by atoms with Crippen LogP contribution in [0.1, 0.15) is 74.1 Å². The van der Waals surface area contributed by atoms with E-state index in [-0.39, 0.29) is 25.0 Å². The highest BCUT2D eigenvalue weighted by Crippen LogP contribution is 2.36. The number of ether oxygens (including phenoxy) is 1. The van der Waals surface area contributed by atoms with E-state index < -0.39 is 18.3 Å². The van der Waals surface area contributed by atoms with Gasteiger partial charge in [-0.05, 0) is 62.8 Å². The molecule has 1 aromatic carbocycles. The Morgan fingerprint density at radius 2 is 1.78 bits per heavy atom. The Kier molecular flexibility index (Phi) is 7.97. The highest BCUT2D eigenvalue weighted by Gasteiger charge is 2.52. The van der Waals surface area contributed by atoms with Crippen molar-refractivity contribution >= 4 is 18.5 Å². The van der Waals surface area contributed by atoms with E-state index in [1.807, 2.05) is 61.6 Å². The van der Waals surface area contributed by atoms with Crippen molar-refractivity contribution in [2.45, 2.75) is 77.9 Å². The molecule has 1 aromatic heterocycles. The van der Waals surface area contributed by atoms with Gasteiger partial charge in [0.05, 0.1) is 31.0 Å². The minimum atomic E-state index is -0.505. The Bertz CT molecular complexity index is 1070. The molecule has 1 fully saturated rings. The maximum absolute atomic E-state index is 13.4. The predicted octanol–water partition coefficient (Wildman–Crippen LogP) is 2.44. The van der Waals surface area contributed by atoms with Gasteiger partial charge in [-0.15, -0.1) is 0 Å². The zero-order chi connectivity index (χ0) is 26.1. The Balaban J connectivity index is 1.48.